The monoisotopic (exact) mass is 473 g/mol. The second-order valence-corrected chi connectivity index (χ2v) is 15.1. The molecule has 0 aromatic heterocycles. The fraction of sp³-hybridized carbons (Fsp3) is 0.560. The summed E-state index contributed by atoms with van der Waals surface area (Å²) in [7, 11) is 1.03. The van der Waals surface area contributed by atoms with Gasteiger partial charge >= 0.3 is 18.0 Å². The van der Waals surface area contributed by atoms with Gasteiger partial charge in [0.25, 0.3) is 0 Å². The lowest BCUT2D eigenvalue weighted by Crippen LogP contribution is -2.54. The highest BCUT2D eigenvalue weighted by molar-refractivity contribution is 6.80. The molecule has 3 atom stereocenters. The van der Waals surface area contributed by atoms with E-state index in [9.17, 15) is 14.4 Å². The number of fused-ring (bicyclic) bond motifs is 1. The minimum absolute atomic E-state index is 0.169. The second kappa shape index (κ2) is 10.1. The molecule has 0 unspecified atom stereocenters. The molecule has 1 aromatic carbocycles. The Hall–Kier alpha value is -2.61. The van der Waals surface area contributed by atoms with Crippen molar-refractivity contribution in [1.29, 1.82) is 0 Å². The first-order valence-electron chi connectivity index (χ1n) is 11.5. The zero-order chi connectivity index (χ0) is 24.2. The number of nitrogens with zero attached hydrogens (tertiary/aromatic N) is 1. The van der Waals surface area contributed by atoms with Crippen LogP contribution in [0, 0.1) is 17.3 Å². The molecule has 1 aliphatic heterocycles. The maximum absolute atomic E-state index is 13.2. The minimum atomic E-state index is -1.55. The standard InChI is InChI=1S/C25H35NO6Si/c1-30-22(27)25(23(28)31-2)16-19(13-15-33(3,4)5)21-20(25)12-9-14-26(21)24(29)32-17-18-10-7-6-8-11-18/h6-8,10-11,13,15,19-21H,9,12,14,16-17H2,1-5H3/b15-13+/t19-,20+,21+/m1/s1. The molecule has 0 radical (unpaired) electrons. The van der Waals surface area contributed by atoms with Crippen molar-refractivity contribution in [3.05, 3.63) is 47.7 Å². The van der Waals surface area contributed by atoms with E-state index < -0.39 is 37.4 Å². The third-order valence-corrected chi connectivity index (χ3v) is 7.89. The number of rotatable bonds is 6. The Bertz CT molecular complexity index is 878. The normalized spacial score (nSPS) is 24.3. The van der Waals surface area contributed by atoms with Crippen LogP contribution in [-0.4, -0.2) is 57.8 Å². The zero-order valence-corrected chi connectivity index (χ0v) is 21.2. The molecule has 1 aromatic rings. The summed E-state index contributed by atoms with van der Waals surface area (Å²) < 4.78 is 15.9. The molecule has 1 saturated heterocycles. The van der Waals surface area contributed by atoms with Crippen molar-refractivity contribution >= 4 is 26.1 Å². The van der Waals surface area contributed by atoms with Gasteiger partial charge < -0.3 is 19.1 Å². The van der Waals surface area contributed by atoms with Crippen molar-refractivity contribution in [2.24, 2.45) is 17.3 Å². The average molecular weight is 474 g/mol. The van der Waals surface area contributed by atoms with Crippen LogP contribution in [0.3, 0.4) is 0 Å². The molecule has 8 heteroatoms. The average Bonchev–Trinajstić information content (AvgIpc) is 3.16. The number of hydrogen-bond acceptors (Lipinski definition) is 6. The number of amides is 1. The Morgan fingerprint density at radius 2 is 1.73 bits per heavy atom. The Kier molecular flexibility index (Phi) is 7.67. The Morgan fingerprint density at radius 3 is 2.30 bits per heavy atom. The van der Waals surface area contributed by atoms with E-state index in [0.29, 0.717) is 19.4 Å². The molecular weight excluding hydrogens is 438 g/mol. The zero-order valence-electron chi connectivity index (χ0n) is 20.2. The van der Waals surface area contributed by atoms with Crippen LogP contribution in [0.2, 0.25) is 19.6 Å². The van der Waals surface area contributed by atoms with E-state index in [-0.39, 0.29) is 25.0 Å². The van der Waals surface area contributed by atoms with Crippen LogP contribution in [-0.2, 0) is 30.4 Å². The summed E-state index contributed by atoms with van der Waals surface area (Å²) >= 11 is 0. The lowest BCUT2D eigenvalue weighted by atomic mass is 9.73. The third-order valence-electron chi connectivity index (χ3n) is 6.70. The van der Waals surface area contributed by atoms with Gasteiger partial charge in [0, 0.05) is 18.5 Å². The van der Waals surface area contributed by atoms with E-state index in [0.717, 1.165) is 5.56 Å². The summed E-state index contributed by atoms with van der Waals surface area (Å²) in [5.41, 5.74) is 1.68. The maximum Gasteiger partial charge on any atom is 0.410 e. The van der Waals surface area contributed by atoms with Gasteiger partial charge in [-0.15, -0.1) is 0 Å². The molecule has 3 rings (SSSR count). The van der Waals surface area contributed by atoms with Crippen LogP contribution in [0.25, 0.3) is 0 Å². The van der Waals surface area contributed by atoms with Crippen LogP contribution < -0.4 is 0 Å². The molecule has 1 amide bonds. The van der Waals surface area contributed by atoms with Crippen molar-refractivity contribution in [2.75, 3.05) is 20.8 Å². The van der Waals surface area contributed by atoms with Crippen molar-refractivity contribution in [3.63, 3.8) is 0 Å². The molecule has 1 saturated carbocycles. The molecule has 180 valence electrons. The smallest absolute Gasteiger partial charge is 0.410 e. The highest BCUT2D eigenvalue weighted by atomic mass is 28.3. The molecule has 2 fully saturated rings. The minimum Gasteiger partial charge on any atom is -0.468 e. The third kappa shape index (κ3) is 5.16. The number of ether oxygens (including phenoxy) is 3. The van der Waals surface area contributed by atoms with Crippen LogP contribution >= 0.6 is 0 Å². The Labute approximate surface area is 197 Å². The van der Waals surface area contributed by atoms with Gasteiger partial charge in [-0.2, -0.15) is 0 Å². The van der Waals surface area contributed by atoms with Crippen molar-refractivity contribution < 1.29 is 28.6 Å². The first kappa shape index (κ1) is 25.0. The maximum atomic E-state index is 13.2. The van der Waals surface area contributed by atoms with Gasteiger partial charge in [-0.3, -0.25) is 9.59 Å². The molecule has 0 N–H and O–H groups in total. The summed E-state index contributed by atoms with van der Waals surface area (Å²) in [6, 6.07) is 9.17. The highest BCUT2D eigenvalue weighted by Crippen LogP contribution is 2.54. The van der Waals surface area contributed by atoms with Crippen molar-refractivity contribution in [3.8, 4) is 0 Å². The Balaban J connectivity index is 1.95. The van der Waals surface area contributed by atoms with Crippen molar-refractivity contribution in [1.82, 2.24) is 4.90 Å². The molecule has 33 heavy (non-hydrogen) atoms. The van der Waals surface area contributed by atoms with Gasteiger partial charge in [-0.25, -0.2) is 4.79 Å². The quantitative estimate of drug-likeness (QED) is 0.267. The molecule has 0 bridgehead atoms. The van der Waals surface area contributed by atoms with Gasteiger partial charge in [-0.05, 0) is 30.7 Å². The van der Waals surface area contributed by atoms with Gasteiger partial charge in [0.1, 0.15) is 6.61 Å². The predicted octanol–water partition coefficient (Wildman–Crippen LogP) is 4.19. The lowest BCUT2D eigenvalue weighted by Gasteiger charge is -2.42. The summed E-state index contributed by atoms with van der Waals surface area (Å²) in [5.74, 6) is -1.75. The summed E-state index contributed by atoms with van der Waals surface area (Å²) in [5, 5.41) is 0. The second-order valence-electron chi connectivity index (χ2n) is 10.0. The summed E-state index contributed by atoms with van der Waals surface area (Å²) in [6.07, 6.45) is 3.23. The van der Waals surface area contributed by atoms with Crippen LogP contribution in [0.4, 0.5) is 4.79 Å². The molecule has 2 aliphatic rings. The fourth-order valence-corrected chi connectivity index (χ4v) is 6.08. The van der Waals surface area contributed by atoms with Gasteiger partial charge in [-0.1, -0.05) is 61.7 Å². The van der Waals surface area contributed by atoms with E-state index in [1.807, 2.05) is 30.3 Å². The van der Waals surface area contributed by atoms with E-state index in [1.165, 1.54) is 14.2 Å². The first-order valence-corrected chi connectivity index (χ1v) is 15.1. The molecule has 1 aliphatic carbocycles. The predicted molar refractivity (Wildman–Crippen MR) is 127 cm³/mol. The van der Waals surface area contributed by atoms with Gasteiger partial charge in [0.2, 0.25) is 0 Å². The lowest BCUT2D eigenvalue weighted by molar-refractivity contribution is -0.174. The number of benzene rings is 1. The van der Waals surface area contributed by atoms with Gasteiger partial charge in [0.05, 0.1) is 22.3 Å². The number of piperidine rings is 1. The molecule has 7 nitrogen and oxygen atoms in total. The summed E-state index contributed by atoms with van der Waals surface area (Å²) in [6.45, 7) is 7.34. The molecule has 1 heterocycles. The van der Waals surface area contributed by atoms with Gasteiger partial charge in [0.15, 0.2) is 5.41 Å². The Morgan fingerprint density at radius 1 is 1.09 bits per heavy atom. The van der Waals surface area contributed by atoms with Crippen LogP contribution in [0.1, 0.15) is 24.8 Å². The number of likely N-dealkylation sites (tertiary alicyclic amines) is 1. The molecule has 0 spiro atoms. The van der Waals surface area contributed by atoms with E-state index in [1.54, 1.807) is 4.90 Å². The number of esters is 2. The van der Waals surface area contributed by atoms with E-state index >= 15 is 0 Å². The first-order chi connectivity index (χ1) is 15.6. The van der Waals surface area contributed by atoms with E-state index in [4.69, 9.17) is 14.2 Å². The molecular formula is C25H35NO6Si. The summed E-state index contributed by atoms with van der Waals surface area (Å²) in [4.78, 5) is 41.0. The highest BCUT2D eigenvalue weighted by Gasteiger charge is 2.65. The number of carbonyl (C=O) groups is 3. The number of carbonyl (C=O) groups excluding carboxylic acids is 3. The van der Waals surface area contributed by atoms with Crippen LogP contribution in [0.15, 0.2) is 42.1 Å². The number of hydrogen-bond donors (Lipinski definition) is 0. The van der Waals surface area contributed by atoms with Crippen LogP contribution in [0.5, 0.6) is 0 Å². The number of methoxy groups -OCH3 is 2. The largest absolute Gasteiger partial charge is 0.468 e. The fourth-order valence-electron chi connectivity index (χ4n) is 5.26. The van der Waals surface area contributed by atoms with Crippen molar-refractivity contribution in [2.45, 2.75) is 51.6 Å². The SMILES string of the molecule is COC(=O)C1(C(=O)OC)C[C@@H](/C=C/[Si](C)(C)C)[C@H]2[C@@H]1CCCN2C(=O)OCc1ccccc1. The van der Waals surface area contributed by atoms with E-state index in [2.05, 4.69) is 31.4 Å². The topological polar surface area (TPSA) is 82.1 Å².